The van der Waals surface area contributed by atoms with E-state index in [9.17, 15) is 4.79 Å². The van der Waals surface area contributed by atoms with Gasteiger partial charge in [0.25, 0.3) is 0 Å². The largest absolute Gasteiger partial charge is 0.376 e. The number of ether oxygens (including phenoxy) is 1. The molecule has 2 nitrogen and oxygen atoms in total. The van der Waals surface area contributed by atoms with Crippen LogP contribution in [-0.4, -0.2) is 23.8 Å². The fourth-order valence-electron chi connectivity index (χ4n) is 2.74. The third-order valence-corrected chi connectivity index (χ3v) is 4.74. The number of fused-ring (bicyclic) bond motifs is 1. The Bertz CT molecular complexity index is 311. The van der Waals surface area contributed by atoms with Crippen LogP contribution in [0.3, 0.4) is 0 Å². The molecule has 0 aliphatic heterocycles. The normalized spacial score (nSPS) is 41.0. The van der Waals surface area contributed by atoms with E-state index in [0.29, 0.717) is 11.2 Å². The number of hydrogen-bond acceptors (Lipinski definition) is 2. The first-order chi connectivity index (χ1) is 7.07. The quantitative estimate of drug-likeness (QED) is 0.687. The second-order valence-electron chi connectivity index (χ2n) is 4.84. The number of carbonyl (C=O) groups excluding carboxylic acids is 1. The molecule has 0 aromatic heterocycles. The van der Waals surface area contributed by atoms with Gasteiger partial charge in [-0.05, 0) is 36.3 Å². The van der Waals surface area contributed by atoms with E-state index in [1.165, 1.54) is 5.57 Å². The van der Waals surface area contributed by atoms with Crippen molar-refractivity contribution in [2.45, 2.75) is 43.5 Å². The highest BCUT2D eigenvalue weighted by atomic mass is 79.9. The number of allylic oxidation sites excluding steroid dienone is 1. The smallest absolute Gasteiger partial charge is 0.155 e. The van der Waals surface area contributed by atoms with Gasteiger partial charge in [-0.3, -0.25) is 4.79 Å². The number of methoxy groups -OCH3 is 1. The number of ketones is 1. The van der Waals surface area contributed by atoms with Crippen molar-refractivity contribution in [2.75, 3.05) is 7.11 Å². The highest BCUT2D eigenvalue weighted by molar-refractivity contribution is 9.09. The predicted molar refractivity (Wildman–Crippen MR) is 63.2 cm³/mol. The third kappa shape index (κ3) is 1.92. The van der Waals surface area contributed by atoms with E-state index >= 15 is 0 Å². The van der Waals surface area contributed by atoms with Gasteiger partial charge in [-0.15, -0.1) is 0 Å². The lowest BCUT2D eigenvalue weighted by molar-refractivity contribution is -0.116. The summed E-state index contributed by atoms with van der Waals surface area (Å²) in [6.45, 7) is 2.26. The molecule has 3 heteroatoms. The van der Waals surface area contributed by atoms with Gasteiger partial charge in [0.05, 0.1) is 6.10 Å². The summed E-state index contributed by atoms with van der Waals surface area (Å²) in [4.78, 5) is 11.8. The van der Waals surface area contributed by atoms with E-state index in [1.54, 1.807) is 7.11 Å². The molecule has 84 valence electrons. The lowest BCUT2D eigenvalue weighted by Crippen LogP contribution is -2.42. The topological polar surface area (TPSA) is 26.3 Å². The second kappa shape index (κ2) is 4.02. The maximum Gasteiger partial charge on any atom is 0.155 e. The maximum absolute atomic E-state index is 11.5. The van der Waals surface area contributed by atoms with E-state index in [0.717, 1.165) is 19.3 Å². The van der Waals surface area contributed by atoms with Gasteiger partial charge in [0, 0.05) is 18.4 Å². The van der Waals surface area contributed by atoms with Crippen LogP contribution in [0, 0.1) is 5.41 Å². The molecule has 2 rings (SSSR count). The van der Waals surface area contributed by atoms with Crippen LogP contribution in [0.15, 0.2) is 11.6 Å². The zero-order valence-corrected chi connectivity index (χ0v) is 10.8. The fourth-order valence-corrected chi connectivity index (χ4v) is 3.46. The first-order valence-corrected chi connectivity index (χ1v) is 6.40. The molecule has 0 aromatic carbocycles. The molecule has 3 atom stereocenters. The van der Waals surface area contributed by atoms with Crippen molar-refractivity contribution in [2.24, 2.45) is 5.41 Å². The van der Waals surface area contributed by atoms with Crippen molar-refractivity contribution in [1.29, 1.82) is 0 Å². The number of alkyl halides is 1. The molecule has 1 saturated carbocycles. The van der Waals surface area contributed by atoms with Crippen molar-refractivity contribution >= 4 is 21.7 Å². The van der Waals surface area contributed by atoms with Gasteiger partial charge >= 0.3 is 0 Å². The molecule has 3 unspecified atom stereocenters. The first-order valence-electron chi connectivity index (χ1n) is 5.48. The minimum atomic E-state index is 0.0769. The van der Waals surface area contributed by atoms with Crippen LogP contribution in [-0.2, 0) is 9.53 Å². The van der Waals surface area contributed by atoms with Crippen molar-refractivity contribution in [3.8, 4) is 0 Å². The van der Waals surface area contributed by atoms with Gasteiger partial charge in [0.2, 0.25) is 0 Å². The van der Waals surface area contributed by atoms with Crippen molar-refractivity contribution in [3.05, 3.63) is 11.6 Å². The molecule has 0 spiro atoms. The van der Waals surface area contributed by atoms with E-state index < -0.39 is 0 Å². The predicted octanol–water partition coefficient (Wildman–Crippen LogP) is 2.85. The Morgan fingerprint density at radius 1 is 1.53 bits per heavy atom. The molecule has 2 aliphatic carbocycles. The van der Waals surface area contributed by atoms with Gasteiger partial charge in [0.15, 0.2) is 5.78 Å². The van der Waals surface area contributed by atoms with Gasteiger partial charge < -0.3 is 4.74 Å². The van der Waals surface area contributed by atoms with Crippen molar-refractivity contribution in [1.82, 2.24) is 0 Å². The molecule has 15 heavy (non-hydrogen) atoms. The van der Waals surface area contributed by atoms with Crippen molar-refractivity contribution < 1.29 is 9.53 Å². The van der Waals surface area contributed by atoms with E-state index in [1.807, 2.05) is 6.08 Å². The van der Waals surface area contributed by atoms with E-state index in [4.69, 9.17) is 4.74 Å². The lowest BCUT2D eigenvalue weighted by Gasteiger charge is -2.44. The number of rotatable bonds is 1. The summed E-state index contributed by atoms with van der Waals surface area (Å²) in [6.07, 6.45) is 5.86. The number of carbonyl (C=O) groups is 1. The molecular weight excluding hydrogens is 256 g/mol. The summed E-state index contributed by atoms with van der Waals surface area (Å²) < 4.78 is 5.52. The highest BCUT2D eigenvalue weighted by Crippen LogP contribution is 2.48. The Morgan fingerprint density at radius 2 is 2.27 bits per heavy atom. The molecule has 0 radical (unpaired) electrons. The summed E-state index contributed by atoms with van der Waals surface area (Å²) in [5.41, 5.74) is 1.40. The SMILES string of the molecule is COC1C2=CC(=O)CCC2(C)CCC1Br. The van der Waals surface area contributed by atoms with E-state index in [2.05, 4.69) is 22.9 Å². The van der Waals surface area contributed by atoms with E-state index in [-0.39, 0.29) is 17.3 Å². The van der Waals surface area contributed by atoms with Gasteiger partial charge in [-0.1, -0.05) is 22.9 Å². The molecule has 0 heterocycles. The summed E-state index contributed by atoms with van der Waals surface area (Å²) in [5, 5.41) is 0. The van der Waals surface area contributed by atoms with Crippen LogP contribution >= 0.6 is 15.9 Å². The number of halogens is 1. The van der Waals surface area contributed by atoms with Gasteiger partial charge in [-0.25, -0.2) is 0 Å². The highest BCUT2D eigenvalue weighted by Gasteiger charge is 2.43. The summed E-state index contributed by atoms with van der Waals surface area (Å²) >= 11 is 3.64. The average molecular weight is 273 g/mol. The minimum absolute atomic E-state index is 0.0769. The van der Waals surface area contributed by atoms with Crippen LogP contribution in [0.5, 0.6) is 0 Å². The summed E-state index contributed by atoms with van der Waals surface area (Å²) in [6, 6.07) is 0. The Morgan fingerprint density at radius 3 is 2.93 bits per heavy atom. The number of hydrogen-bond donors (Lipinski definition) is 0. The Balaban J connectivity index is 2.36. The summed E-state index contributed by atoms with van der Waals surface area (Å²) in [7, 11) is 1.73. The molecule has 1 fully saturated rings. The van der Waals surface area contributed by atoms with Crippen LogP contribution in [0.1, 0.15) is 32.6 Å². The van der Waals surface area contributed by atoms with Gasteiger partial charge in [-0.2, -0.15) is 0 Å². The summed E-state index contributed by atoms with van der Waals surface area (Å²) in [5.74, 6) is 0.256. The molecule has 0 N–H and O–H groups in total. The zero-order valence-electron chi connectivity index (χ0n) is 9.25. The average Bonchev–Trinajstić information content (AvgIpc) is 2.21. The Hall–Kier alpha value is -0.150. The first kappa shape index (κ1) is 11.3. The molecular formula is C12H17BrO2. The fraction of sp³-hybridized carbons (Fsp3) is 0.750. The molecule has 2 aliphatic rings. The molecule has 0 saturated heterocycles. The van der Waals surface area contributed by atoms with Crippen LogP contribution in [0.2, 0.25) is 0 Å². The lowest BCUT2D eigenvalue weighted by atomic mass is 9.65. The van der Waals surface area contributed by atoms with Crippen LogP contribution < -0.4 is 0 Å². The second-order valence-corrected chi connectivity index (χ2v) is 6.01. The third-order valence-electron chi connectivity index (χ3n) is 3.80. The Kier molecular flexibility index (Phi) is 3.04. The van der Waals surface area contributed by atoms with Gasteiger partial charge in [0.1, 0.15) is 0 Å². The van der Waals surface area contributed by atoms with Crippen LogP contribution in [0.25, 0.3) is 0 Å². The standard InChI is InChI=1S/C12H17BrO2/c1-12-5-3-8(14)7-9(12)11(15-2)10(13)4-6-12/h7,10-11H,3-6H2,1-2H3. The molecule has 0 aromatic rings. The molecule has 0 amide bonds. The Labute approximate surface area is 99.2 Å². The maximum atomic E-state index is 11.5. The molecule has 0 bridgehead atoms. The zero-order chi connectivity index (χ0) is 11.1. The van der Waals surface area contributed by atoms with Crippen molar-refractivity contribution in [3.63, 3.8) is 0 Å². The minimum Gasteiger partial charge on any atom is -0.376 e. The monoisotopic (exact) mass is 272 g/mol. The van der Waals surface area contributed by atoms with Crippen LogP contribution in [0.4, 0.5) is 0 Å².